The van der Waals surface area contributed by atoms with E-state index < -0.39 is 6.10 Å². The van der Waals surface area contributed by atoms with Crippen LogP contribution >= 0.6 is 11.3 Å². The number of aliphatic hydroxyl groups is 1. The van der Waals surface area contributed by atoms with Crippen LogP contribution in [0.2, 0.25) is 0 Å². The molecular formula is C18H17NOS. The predicted octanol–water partition coefficient (Wildman–Crippen LogP) is 4.26. The van der Waals surface area contributed by atoms with E-state index >= 15 is 0 Å². The van der Waals surface area contributed by atoms with Gasteiger partial charge in [-0.1, -0.05) is 18.2 Å². The molecule has 3 aromatic rings. The van der Waals surface area contributed by atoms with E-state index in [1.807, 2.05) is 30.3 Å². The fraction of sp³-hybridized carbons (Fsp3) is 0.278. The van der Waals surface area contributed by atoms with Crippen molar-refractivity contribution >= 4 is 22.2 Å². The molecule has 21 heavy (non-hydrogen) atoms. The number of aliphatic hydroxyl groups excluding tert-OH is 1. The molecule has 1 aromatic carbocycles. The van der Waals surface area contributed by atoms with Gasteiger partial charge in [-0.25, -0.2) is 0 Å². The zero-order valence-corrected chi connectivity index (χ0v) is 12.6. The van der Waals surface area contributed by atoms with Gasteiger partial charge in [0.2, 0.25) is 0 Å². The van der Waals surface area contributed by atoms with E-state index in [9.17, 15) is 5.11 Å². The normalized spacial score (nSPS) is 15.9. The van der Waals surface area contributed by atoms with Gasteiger partial charge in [0.05, 0.1) is 5.52 Å². The predicted molar refractivity (Wildman–Crippen MR) is 86.8 cm³/mol. The second-order valence-electron chi connectivity index (χ2n) is 5.62. The maximum atomic E-state index is 10.8. The van der Waals surface area contributed by atoms with Gasteiger partial charge in [0.15, 0.2) is 0 Å². The highest BCUT2D eigenvalue weighted by atomic mass is 32.1. The fourth-order valence-electron chi connectivity index (χ4n) is 3.17. The Bertz CT molecular complexity index is 764. The van der Waals surface area contributed by atoms with Gasteiger partial charge in [0, 0.05) is 21.3 Å². The number of pyridine rings is 1. The lowest BCUT2D eigenvalue weighted by Gasteiger charge is -2.11. The lowest BCUT2D eigenvalue weighted by atomic mass is 9.97. The molecule has 2 aromatic heterocycles. The second kappa shape index (κ2) is 5.24. The third-order valence-electron chi connectivity index (χ3n) is 4.26. The summed E-state index contributed by atoms with van der Waals surface area (Å²) in [5.41, 5.74) is 3.34. The van der Waals surface area contributed by atoms with Crippen LogP contribution in [0.1, 0.15) is 39.8 Å². The molecule has 0 amide bonds. The largest absolute Gasteiger partial charge is 0.383 e. The lowest BCUT2D eigenvalue weighted by molar-refractivity contribution is 0.225. The van der Waals surface area contributed by atoms with E-state index in [2.05, 4.69) is 11.1 Å². The van der Waals surface area contributed by atoms with Crippen molar-refractivity contribution < 1.29 is 5.11 Å². The molecule has 2 heterocycles. The number of thiophene rings is 1. The summed E-state index contributed by atoms with van der Waals surface area (Å²) in [4.78, 5) is 6.91. The molecular weight excluding hydrogens is 278 g/mol. The maximum Gasteiger partial charge on any atom is 0.114 e. The number of hydrogen-bond donors (Lipinski definition) is 1. The number of fused-ring (bicyclic) bond motifs is 2. The SMILES string of the molecule is OC(c1cc2c(s1)CCCC2)c1cccc2ncccc12. The molecule has 0 saturated heterocycles. The van der Waals surface area contributed by atoms with Gasteiger partial charge >= 0.3 is 0 Å². The molecule has 1 aliphatic carbocycles. The Balaban J connectivity index is 1.79. The van der Waals surface area contributed by atoms with Crippen molar-refractivity contribution in [1.82, 2.24) is 4.98 Å². The first kappa shape index (κ1) is 13.0. The third-order valence-corrected chi connectivity index (χ3v) is 5.55. The molecule has 106 valence electrons. The number of rotatable bonds is 2. The Hall–Kier alpha value is -1.71. The van der Waals surface area contributed by atoms with Crippen molar-refractivity contribution in [3.8, 4) is 0 Å². The highest BCUT2D eigenvalue weighted by molar-refractivity contribution is 7.12. The van der Waals surface area contributed by atoms with Gasteiger partial charge in [0.25, 0.3) is 0 Å². The quantitative estimate of drug-likeness (QED) is 0.766. The molecule has 0 aliphatic heterocycles. The fourth-order valence-corrected chi connectivity index (χ4v) is 4.43. The van der Waals surface area contributed by atoms with Crippen LogP contribution in [0.25, 0.3) is 10.9 Å². The van der Waals surface area contributed by atoms with Crippen LogP contribution in [0.4, 0.5) is 0 Å². The molecule has 3 heteroatoms. The molecule has 4 rings (SSSR count). The minimum atomic E-state index is -0.548. The lowest BCUT2D eigenvalue weighted by Crippen LogP contribution is -1.98. The van der Waals surface area contributed by atoms with Crippen LogP contribution in [-0.2, 0) is 12.8 Å². The second-order valence-corrected chi connectivity index (χ2v) is 6.79. The van der Waals surface area contributed by atoms with Crippen LogP contribution in [0.15, 0.2) is 42.6 Å². The summed E-state index contributed by atoms with van der Waals surface area (Å²) < 4.78 is 0. The van der Waals surface area contributed by atoms with Crippen molar-refractivity contribution in [3.05, 3.63) is 63.5 Å². The molecule has 0 radical (unpaired) electrons. The minimum Gasteiger partial charge on any atom is -0.383 e. The van der Waals surface area contributed by atoms with Gasteiger partial charge in [-0.2, -0.15) is 0 Å². The summed E-state index contributed by atoms with van der Waals surface area (Å²) in [7, 11) is 0. The molecule has 0 spiro atoms. The zero-order valence-electron chi connectivity index (χ0n) is 11.7. The van der Waals surface area contributed by atoms with Crippen LogP contribution < -0.4 is 0 Å². The maximum absolute atomic E-state index is 10.8. The first-order chi connectivity index (χ1) is 10.3. The molecule has 1 atom stereocenters. The van der Waals surface area contributed by atoms with Crippen LogP contribution in [0.3, 0.4) is 0 Å². The standard InChI is InChI=1S/C18H17NOS/c20-18(17-11-12-5-1-2-9-16(12)21-17)14-6-3-8-15-13(14)7-4-10-19-15/h3-4,6-8,10-11,18,20H,1-2,5,9H2. The topological polar surface area (TPSA) is 33.1 Å². The van der Waals surface area contributed by atoms with E-state index in [1.54, 1.807) is 17.5 Å². The Morgan fingerprint density at radius 3 is 2.90 bits per heavy atom. The third kappa shape index (κ3) is 2.27. The molecule has 1 unspecified atom stereocenters. The molecule has 0 bridgehead atoms. The van der Waals surface area contributed by atoms with Gasteiger partial charge < -0.3 is 5.11 Å². The molecule has 0 saturated carbocycles. The van der Waals surface area contributed by atoms with E-state index in [-0.39, 0.29) is 0 Å². The first-order valence-electron chi connectivity index (χ1n) is 7.46. The number of benzene rings is 1. The molecule has 2 nitrogen and oxygen atoms in total. The van der Waals surface area contributed by atoms with Crippen molar-refractivity contribution in [2.75, 3.05) is 0 Å². The number of aromatic nitrogens is 1. The average Bonchev–Trinajstić information content (AvgIpc) is 2.97. The Morgan fingerprint density at radius 1 is 1.10 bits per heavy atom. The van der Waals surface area contributed by atoms with Gasteiger partial charge in [-0.15, -0.1) is 11.3 Å². The Labute approximate surface area is 128 Å². The van der Waals surface area contributed by atoms with Crippen LogP contribution in [0, 0.1) is 0 Å². The number of nitrogens with zero attached hydrogens (tertiary/aromatic N) is 1. The minimum absolute atomic E-state index is 0.548. The number of aryl methyl sites for hydroxylation is 2. The Morgan fingerprint density at radius 2 is 2.00 bits per heavy atom. The van der Waals surface area contributed by atoms with Gasteiger partial charge in [-0.05, 0) is 55.0 Å². The molecule has 1 aliphatic rings. The summed E-state index contributed by atoms with van der Waals surface area (Å²) in [5, 5.41) is 11.9. The van der Waals surface area contributed by atoms with Gasteiger partial charge in [0.1, 0.15) is 6.10 Å². The first-order valence-corrected chi connectivity index (χ1v) is 8.28. The van der Waals surface area contributed by atoms with Crippen molar-refractivity contribution in [1.29, 1.82) is 0 Å². The summed E-state index contributed by atoms with van der Waals surface area (Å²) in [5.74, 6) is 0. The molecule has 0 fully saturated rings. The van der Waals surface area contributed by atoms with E-state index in [1.165, 1.54) is 29.7 Å². The van der Waals surface area contributed by atoms with Crippen molar-refractivity contribution in [2.24, 2.45) is 0 Å². The summed E-state index contributed by atoms with van der Waals surface area (Å²) in [6, 6.07) is 12.1. The number of hydrogen-bond acceptors (Lipinski definition) is 3. The Kier molecular flexibility index (Phi) is 3.24. The van der Waals surface area contributed by atoms with Crippen molar-refractivity contribution in [3.63, 3.8) is 0 Å². The summed E-state index contributed by atoms with van der Waals surface area (Å²) >= 11 is 1.78. The van der Waals surface area contributed by atoms with Crippen LogP contribution in [-0.4, -0.2) is 10.1 Å². The zero-order chi connectivity index (χ0) is 14.2. The van der Waals surface area contributed by atoms with Crippen molar-refractivity contribution in [2.45, 2.75) is 31.8 Å². The van der Waals surface area contributed by atoms with E-state index in [0.29, 0.717) is 0 Å². The average molecular weight is 295 g/mol. The van der Waals surface area contributed by atoms with E-state index in [0.717, 1.165) is 27.8 Å². The summed E-state index contributed by atoms with van der Waals surface area (Å²) in [6.45, 7) is 0. The monoisotopic (exact) mass is 295 g/mol. The molecule has 1 N–H and O–H groups in total. The van der Waals surface area contributed by atoms with Crippen LogP contribution in [0.5, 0.6) is 0 Å². The smallest absolute Gasteiger partial charge is 0.114 e. The van der Waals surface area contributed by atoms with E-state index in [4.69, 9.17) is 0 Å². The highest BCUT2D eigenvalue weighted by Gasteiger charge is 2.20. The highest BCUT2D eigenvalue weighted by Crippen LogP contribution is 2.36. The van der Waals surface area contributed by atoms with Gasteiger partial charge in [-0.3, -0.25) is 4.98 Å². The summed E-state index contributed by atoms with van der Waals surface area (Å²) in [6.07, 6.45) is 6.13.